The number of nitrogens with zero attached hydrogens (tertiary/aromatic N) is 2. The van der Waals surface area contributed by atoms with Crippen molar-refractivity contribution in [2.45, 2.75) is 6.18 Å². The van der Waals surface area contributed by atoms with Gasteiger partial charge in [-0.05, 0) is 49.8 Å². The first kappa shape index (κ1) is 25.8. The van der Waals surface area contributed by atoms with Crippen LogP contribution in [0.15, 0.2) is 54.7 Å². The van der Waals surface area contributed by atoms with Crippen molar-refractivity contribution in [3.05, 3.63) is 60.6 Å². The second-order valence-corrected chi connectivity index (χ2v) is 7.76. The van der Waals surface area contributed by atoms with E-state index in [0.29, 0.717) is 29.2 Å². The fraction of sp³-hybridized carbons (Fsp3) is 0.250. The van der Waals surface area contributed by atoms with E-state index >= 15 is 0 Å². The van der Waals surface area contributed by atoms with Crippen molar-refractivity contribution in [3.63, 3.8) is 0 Å². The van der Waals surface area contributed by atoms with Crippen LogP contribution in [0, 0.1) is 5.82 Å². The zero-order valence-electron chi connectivity index (χ0n) is 19.2. The van der Waals surface area contributed by atoms with E-state index in [1.54, 1.807) is 24.3 Å². The van der Waals surface area contributed by atoms with Gasteiger partial charge in [-0.25, -0.2) is 9.37 Å². The third-order valence-electron chi connectivity index (χ3n) is 4.67. The van der Waals surface area contributed by atoms with Gasteiger partial charge in [0.15, 0.2) is 18.2 Å². The standard InChI is InChI=1S/C24H24F4N4O3/c1-32(2)10-4-5-22(33)31-19-13-17-15(11-21(19)34-3)8-9-29-23(17)30-16-6-7-18(25)20(12-16)35-14-24(26,27)28/h4-9,11-13H,10,14H2,1-3H3,(H,29,30)(H,31,33)/b5-4+. The van der Waals surface area contributed by atoms with E-state index < -0.39 is 24.3 Å². The summed E-state index contributed by atoms with van der Waals surface area (Å²) in [4.78, 5) is 18.5. The lowest BCUT2D eigenvalue weighted by Crippen LogP contribution is -2.19. The molecule has 0 saturated heterocycles. The number of halogens is 4. The Kier molecular flexibility index (Phi) is 8.13. The Hall–Kier alpha value is -3.86. The van der Waals surface area contributed by atoms with Crippen molar-refractivity contribution in [1.29, 1.82) is 0 Å². The molecule has 1 amide bonds. The molecule has 2 N–H and O–H groups in total. The Morgan fingerprint density at radius 3 is 2.60 bits per heavy atom. The molecule has 3 rings (SSSR count). The normalized spacial score (nSPS) is 11.8. The summed E-state index contributed by atoms with van der Waals surface area (Å²) in [5.41, 5.74) is 0.653. The number of anilines is 3. The molecule has 0 bridgehead atoms. The van der Waals surface area contributed by atoms with Crippen molar-refractivity contribution in [3.8, 4) is 11.5 Å². The van der Waals surface area contributed by atoms with E-state index in [1.807, 2.05) is 19.0 Å². The van der Waals surface area contributed by atoms with Crippen LogP contribution in [-0.2, 0) is 4.79 Å². The summed E-state index contributed by atoms with van der Waals surface area (Å²) in [6, 6.07) is 8.55. The number of rotatable bonds is 9. The van der Waals surface area contributed by atoms with Crippen LogP contribution in [0.1, 0.15) is 0 Å². The molecule has 0 radical (unpaired) electrons. The predicted octanol–water partition coefficient (Wildman–Crippen LogP) is 5.12. The highest BCUT2D eigenvalue weighted by Gasteiger charge is 2.29. The molecule has 11 heteroatoms. The van der Waals surface area contributed by atoms with Crippen LogP contribution in [0.2, 0.25) is 0 Å². The Morgan fingerprint density at radius 2 is 1.91 bits per heavy atom. The third-order valence-corrected chi connectivity index (χ3v) is 4.67. The number of nitrogens with one attached hydrogen (secondary N) is 2. The first-order valence-corrected chi connectivity index (χ1v) is 10.4. The molecular weight excluding hydrogens is 468 g/mol. The zero-order valence-corrected chi connectivity index (χ0v) is 19.2. The second-order valence-electron chi connectivity index (χ2n) is 7.76. The monoisotopic (exact) mass is 492 g/mol. The molecule has 35 heavy (non-hydrogen) atoms. The van der Waals surface area contributed by atoms with Crippen molar-refractivity contribution in [2.75, 3.05) is 45.0 Å². The minimum atomic E-state index is -4.60. The SMILES string of the molecule is COc1cc2ccnc(Nc3ccc(F)c(OCC(F)(F)F)c3)c2cc1NC(=O)/C=C/CN(C)C. The summed E-state index contributed by atoms with van der Waals surface area (Å²) in [7, 11) is 5.23. The lowest BCUT2D eigenvalue weighted by molar-refractivity contribution is -0.153. The molecule has 0 unspecified atom stereocenters. The van der Waals surface area contributed by atoms with Crippen LogP contribution >= 0.6 is 0 Å². The number of methoxy groups -OCH3 is 1. The number of hydrogen-bond acceptors (Lipinski definition) is 6. The molecule has 0 saturated carbocycles. The van der Waals surface area contributed by atoms with Gasteiger partial charge in [0, 0.05) is 36.0 Å². The average molecular weight is 492 g/mol. The summed E-state index contributed by atoms with van der Waals surface area (Å²) in [6.45, 7) is -1.03. The van der Waals surface area contributed by atoms with Gasteiger partial charge in [-0.3, -0.25) is 4.79 Å². The molecule has 3 aromatic rings. The largest absolute Gasteiger partial charge is 0.495 e. The predicted molar refractivity (Wildman–Crippen MR) is 126 cm³/mol. The molecule has 0 atom stereocenters. The summed E-state index contributed by atoms with van der Waals surface area (Å²) < 4.78 is 61.3. The maximum Gasteiger partial charge on any atom is 0.422 e. The van der Waals surface area contributed by atoms with Gasteiger partial charge in [-0.2, -0.15) is 13.2 Å². The summed E-state index contributed by atoms with van der Waals surface area (Å²) >= 11 is 0. The van der Waals surface area contributed by atoms with E-state index in [0.717, 1.165) is 17.5 Å². The number of amides is 1. The Labute approximate surface area is 199 Å². The molecule has 0 fully saturated rings. The molecule has 0 aliphatic carbocycles. The quantitative estimate of drug-likeness (QED) is 0.319. The van der Waals surface area contributed by atoms with Crippen LogP contribution in [0.4, 0.5) is 34.8 Å². The van der Waals surface area contributed by atoms with Crippen LogP contribution < -0.4 is 20.1 Å². The fourth-order valence-electron chi connectivity index (χ4n) is 3.10. The first-order valence-electron chi connectivity index (χ1n) is 10.4. The van der Waals surface area contributed by atoms with Crippen molar-refractivity contribution >= 4 is 33.9 Å². The summed E-state index contributed by atoms with van der Waals surface area (Å²) in [5.74, 6) is -1.08. The topological polar surface area (TPSA) is 75.7 Å². The fourth-order valence-corrected chi connectivity index (χ4v) is 3.10. The Bertz CT molecular complexity index is 1230. The summed E-state index contributed by atoms with van der Waals surface area (Å²) in [6.07, 6.45) is 0.0446. The highest BCUT2D eigenvalue weighted by Crippen LogP contribution is 2.35. The Balaban J connectivity index is 1.90. The second kappa shape index (κ2) is 11.0. The van der Waals surface area contributed by atoms with Crippen LogP contribution in [0.3, 0.4) is 0 Å². The maximum absolute atomic E-state index is 13.9. The molecule has 2 aromatic carbocycles. The molecule has 186 valence electrons. The van der Waals surface area contributed by atoms with Crippen LogP contribution in [0.25, 0.3) is 10.8 Å². The smallest absolute Gasteiger partial charge is 0.422 e. The van der Waals surface area contributed by atoms with Gasteiger partial charge < -0.3 is 25.0 Å². The highest BCUT2D eigenvalue weighted by molar-refractivity contribution is 6.04. The van der Waals surface area contributed by atoms with E-state index in [9.17, 15) is 22.4 Å². The number of hydrogen-bond donors (Lipinski definition) is 2. The van der Waals surface area contributed by atoms with Gasteiger partial charge in [-0.15, -0.1) is 0 Å². The first-order chi connectivity index (χ1) is 16.6. The van der Waals surface area contributed by atoms with E-state index in [-0.39, 0.29) is 11.6 Å². The number of benzene rings is 2. The number of likely N-dealkylation sites (N-methyl/N-ethyl adjacent to an activating group) is 1. The minimum Gasteiger partial charge on any atom is -0.495 e. The molecule has 0 spiro atoms. The highest BCUT2D eigenvalue weighted by atomic mass is 19.4. The molecule has 7 nitrogen and oxygen atoms in total. The molecule has 0 aliphatic rings. The van der Waals surface area contributed by atoms with E-state index in [2.05, 4.69) is 20.4 Å². The van der Waals surface area contributed by atoms with Gasteiger partial charge in [0.1, 0.15) is 11.6 Å². The van der Waals surface area contributed by atoms with Crippen molar-refractivity contribution < 1.29 is 31.8 Å². The zero-order chi connectivity index (χ0) is 25.6. The number of carbonyl (C=O) groups excluding carboxylic acids is 1. The number of fused-ring (bicyclic) bond motifs is 1. The van der Waals surface area contributed by atoms with Gasteiger partial charge in [-0.1, -0.05) is 6.08 Å². The molecular formula is C24H24F4N4O3. The number of ether oxygens (including phenoxy) is 2. The minimum absolute atomic E-state index is 0.261. The van der Waals surface area contributed by atoms with Gasteiger partial charge in [0.25, 0.3) is 0 Å². The van der Waals surface area contributed by atoms with Crippen LogP contribution in [-0.4, -0.2) is 56.3 Å². The van der Waals surface area contributed by atoms with E-state index in [1.165, 1.54) is 25.4 Å². The maximum atomic E-state index is 13.9. The third kappa shape index (κ3) is 7.31. The van der Waals surface area contributed by atoms with E-state index in [4.69, 9.17) is 4.74 Å². The van der Waals surface area contributed by atoms with Crippen molar-refractivity contribution in [2.24, 2.45) is 0 Å². The van der Waals surface area contributed by atoms with Gasteiger partial charge in [0.2, 0.25) is 5.91 Å². The number of pyridine rings is 1. The lowest BCUT2D eigenvalue weighted by atomic mass is 10.1. The van der Waals surface area contributed by atoms with Gasteiger partial charge in [0.05, 0.1) is 12.8 Å². The number of carbonyl (C=O) groups is 1. The Morgan fingerprint density at radius 1 is 1.14 bits per heavy atom. The number of alkyl halides is 3. The molecule has 0 aliphatic heterocycles. The average Bonchev–Trinajstić information content (AvgIpc) is 2.78. The lowest BCUT2D eigenvalue weighted by Gasteiger charge is -2.15. The molecule has 1 heterocycles. The van der Waals surface area contributed by atoms with Crippen molar-refractivity contribution in [1.82, 2.24) is 9.88 Å². The van der Waals surface area contributed by atoms with Gasteiger partial charge >= 0.3 is 6.18 Å². The van der Waals surface area contributed by atoms with Crippen LogP contribution in [0.5, 0.6) is 11.5 Å². The summed E-state index contributed by atoms with van der Waals surface area (Å²) in [5, 5.41) is 7.03. The molecule has 1 aromatic heterocycles. The number of aromatic nitrogens is 1.